The fourth-order valence-corrected chi connectivity index (χ4v) is 8.83. The summed E-state index contributed by atoms with van der Waals surface area (Å²) in [7, 11) is -2.29. The van der Waals surface area contributed by atoms with Crippen molar-refractivity contribution in [3.63, 3.8) is 0 Å². The van der Waals surface area contributed by atoms with E-state index in [1.165, 1.54) is 16.9 Å². The number of rotatable bonds is 11. The van der Waals surface area contributed by atoms with Crippen molar-refractivity contribution in [2.45, 2.75) is 56.1 Å². The zero-order valence-corrected chi connectivity index (χ0v) is 31.9. The van der Waals surface area contributed by atoms with Gasteiger partial charge in [-0.3, -0.25) is 24.4 Å². The van der Waals surface area contributed by atoms with E-state index in [1.54, 1.807) is 43.4 Å². The van der Waals surface area contributed by atoms with Gasteiger partial charge in [0.2, 0.25) is 10.0 Å². The van der Waals surface area contributed by atoms with Crippen LogP contribution in [0.15, 0.2) is 66.9 Å². The van der Waals surface area contributed by atoms with Crippen LogP contribution in [-0.2, 0) is 42.1 Å². The summed E-state index contributed by atoms with van der Waals surface area (Å²) in [5.74, 6) is -7.93. The van der Waals surface area contributed by atoms with E-state index in [2.05, 4.69) is 25.2 Å². The maximum absolute atomic E-state index is 15.7. The second-order valence-electron chi connectivity index (χ2n) is 14.4. The van der Waals surface area contributed by atoms with Crippen molar-refractivity contribution in [2.75, 3.05) is 11.0 Å². The lowest BCUT2D eigenvalue weighted by Crippen LogP contribution is -2.39. The van der Waals surface area contributed by atoms with E-state index in [9.17, 15) is 35.5 Å². The van der Waals surface area contributed by atoms with E-state index in [1.807, 2.05) is 0 Å². The summed E-state index contributed by atoms with van der Waals surface area (Å²) in [6, 6.07) is 12.9. The molecule has 2 aliphatic carbocycles. The molecular formula is C38H32ClF7N8O3S. The Labute approximate surface area is 330 Å². The molecule has 0 radical (unpaired) electrons. The molecule has 11 nitrogen and oxygen atoms in total. The number of aromatic nitrogens is 6. The van der Waals surface area contributed by atoms with Gasteiger partial charge in [-0.05, 0) is 67.1 Å². The smallest absolute Gasteiger partial charge is 0.377 e. The number of anilines is 1. The molecule has 58 heavy (non-hydrogen) atoms. The third-order valence-corrected chi connectivity index (χ3v) is 11.4. The van der Waals surface area contributed by atoms with Crippen LogP contribution < -0.4 is 10.0 Å². The summed E-state index contributed by atoms with van der Waals surface area (Å²) in [4.78, 5) is 9.27. The first-order valence-electron chi connectivity index (χ1n) is 17.8. The Kier molecular flexibility index (Phi) is 9.80. The number of pyridine rings is 2. The molecule has 1 saturated carbocycles. The fourth-order valence-electron chi connectivity index (χ4n) is 8.09. The number of alkyl halides is 5. The van der Waals surface area contributed by atoms with Crippen LogP contribution >= 0.6 is 11.6 Å². The minimum absolute atomic E-state index is 0.0260. The average Bonchev–Trinajstić information content (AvgIpc) is 3.69. The Morgan fingerprint density at radius 3 is 2.36 bits per heavy atom. The Hall–Kier alpha value is -5.11. The second-order valence-corrected chi connectivity index (χ2v) is 16.6. The minimum Gasteiger partial charge on any atom is -0.377 e. The molecule has 0 bridgehead atoms. The lowest BCUT2D eigenvalue weighted by Gasteiger charge is -2.34. The molecule has 0 amide bonds. The molecule has 4 heterocycles. The van der Waals surface area contributed by atoms with Crippen LogP contribution in [0.25, 0.3) is 33.4 Å². The predicted octanol–water partition coefficient (Wildman–Crippen LogP) is 7.71. The van der Waals surface area contributed by atoms with Gasteiger partial charge in [-0.15, -0.1) is 0 Å². The summed E-state index contributed by atoms with van der Waals surface area (Å²) < 4.78 is 132. The number of hydrogen-bond acceptors (Lipinski definition) is 8. The van der Waals surface area contributed by atoms with Gasteiger partial charge in [0.1, 0.15) is 23.6 Å². The van der Waals surface area contributed by atoms with E-state index in [0.29, 0.717) is 38.8 Å². The van der Waals surface area contributed by atoms with E-state index < -0.39 is 81.4 Å². The first-order chi connectivity index (χ1) is 27.3. The summed E-state index contributed by atoms with van der Waals surface area (Å²) in [5.41, 5.74) is -1.01. The average molecular weight is 849 g/mol. The van der Waals surface area contributed by atoms with Gasteiger partial charge in [0.15, 0.2) is 11.5 Å². The van der Waals surface area contributed by atoms with Crippen LogP contribution in [0.5, 0.6) is 0 Å². The first-order valence-corrected chi connectivity index (χ1v) is 20.1. The molecular weight excluding hydrogens is 817 g/mol. The Morgan fingerprint density at radius 2 is 1.72 bits per heavy atom. The third-order valence-electron chi connectivity index (χ3n) is 10.5. The lowest BCUT2D eigenvalue weighted by molar-refractivity contribution is -0.143. The van der Waals surface area contributed by atoms with E-state index in [4.69, 9.17) is 16.6 Å². The van der Waals surface area contributed by atoms with Crippen molar-refractivity contribution in [3.8, 4) is 22.5 Å². The molecule has 4 aromatic heterocycles. The highest BCUT2D eigenvalue weighted by Gasteiger charge is 2.63. The van der Waals surface area contributed by atoms with Crippen molar-refractivity contribution in [1.29, 1.82) is 0 Å². The molecule has 0 saturated heterocycles. The lowest BCUT2D eigenvalue weighted by atomic mass is 9.73. The van der Waals surface area contributed by atoms with Gasteiger partial charge in [-0.1, -0.05) is 29.8 Å². The first kappa shape index (κ1) is 39.7. The minimum atomic E-state index is -5.05. The van der Waals surface area contributed by atoms with Gasteiger partial charge in [0, 0.05) is 41.9 Å². The summed E-state index contributed by atoms with van der Waals surface area (Å²) in [6.07, 6.45) is -4.61. The normalized spacial score (nSPS) is 18.5. The number of sulfonamides is 1. The maximum atomic E-state index is 15.7. The second kappa shape index (κ2) is 14.3. The molecule has 6 aromatic rings. The molecule has 20 heteroatoms. The largest absolute Gasteiger partial charge is 0.435 e. The SMILES string of the molecule is Cn1nc(NS(C)(=O)=O)c2c(Cl)ccc(-c3ccc(-c4ccccn4)nc3[C@H](Cc3cc(F)cc(F)c3)NC(O)Cn3nc(C(F)(F)F)c4c3C(F)(F)[C@@H]3CC[C@H]43)c21. The third kappa shape index (κ3) is 7.17. The van der Waals surface area contributed by atoms with Gasteiger partial charge in [-0.25, -0.2) is 22.2 Å². The monoisotopic (exact) mass is 848 g/mol. The van der Waals surface area contributed by atoms with Crippen molar-refractivity contribution >= 4 is 38.3 Å². The Morgan fingerprint density at radius 1 is 1.00 bits per heavy atom. The number of aliphatic hydroxyl groups is 1. The highest BCUT2D eigenvalue weighted by molar-refractivity contribution is 7.92. The quantitative estimate of drug-likeness (QED) is 0.0891. The van der Waals surface area contributed by atoms with Crippen LogP contribution in [0, 0.1) is 17.6 Å². The fraction of sp³-hybridized carbons (Fsp3) is 0.316. The molecule has 1 fully saturated rings. The predicted molar refractivity (Wildman–Crippen MR) is 199 cm³/mol. The van der Waals surface area contributed by atoms with Crippen LogP contribution in [-0.4, -0.2) is 55.5 Å². The number of hydrogen-bond donors (Lipinski definition) is 3. The molecule has 2 aromatic carbocycles. The molecule has 1 unspecified atom stereocenters. The van der Waals surface area contributed by atoms with Crippen LogP contribution in [0.3, 0.4) is 0 Å². The standard InChI is InChI=1S/C38H32ClF7N8O3S/c1-53-33-22(7-10-25(39)31(33)36(51-53)52-58(2,56)57)21-8-11-27(26-5-3-4-12-47-26)49-32(21)28(15-18-13-19(40)16-20(41)14-18)48-29(55)17-54-35-30(34(50-54)38(44,45)46)23-6-9-24(23)37(35,42)43/h3-5,7-8,10-14,16,23-24,28-29,48,55H,6,9,15,17H2,1-2H3,(H,51,52)/t23-,24+,28-,29?/m0/s1. The van der Waals surface area contributed by atoms with Crippen molar-refractivity contribution in [2.24, 2.45) is 13.0 Å². The van der Waals surface area contributed by atoms with Crippen LogP contribution in [0.4, 0.5) is 36.6 Å². The zero-order valence-electron chi connectivity index (χ0n) is 30.4. The van der Waals surface area contributed by atoms with Gasteiger partial charge in [-0.2, -0.15) is 32.1 Å². The number of aryl methyl sites for hydroxylation is 1. The highest BCUT2D eigenvalue weighted by atomic mass is 35.5. The molecule has 2 aliphatic rings. The van der Waals surface area contributed by atoms with E-state index in [-0.39, 0.29) is 46.7 Å². The molecule has 304 valence electrons. The Bertz CT molecular complexity index is 2670. The number of nitrogens with zero attached hydrogens (tertiary/aromatic N) is 6. The molecule has 4 atom stereocenters. The number of fused-ring (bicyclic) bond motifs is 4. The van der Waals surface area contributed by atoms with Crippen molar-refractivity contribution < 1.29 is 44.3 Å². The number of aliphatic hydroxyl groups excluding tert-OH is 1. The van der Waals surface area contributed by atoms with Crippen molar-refractivity contribution in [1.82, 2.24) is 34.8 Å². The van der Waals surface area contributed by atoms with Gasteiger partial charge in [0.25, 0.3) is 5.92 Å². The van der Waals surface area contributed by atoms with Gasteiger partial charge >= 0.3 is 6.18 Å². The van der Waals surface area contributed by atoms with Gasteiger partial charge < -0.3 is 5.11 Å². The molecule has 0 spiro atoms. The molecule has 0 aliphatic heterocycles. The summed E-state index contributed by atoms with van der Waals surface area (Å²) in [5, 5.41) is 22.7. The van der Waals surface area contributed by atoms with Crippen molar-refractivity contribution in [3.05, 3.63) is 112 Å². The number of benzene rings is 2. The topological polar surface area (TPSA) is 140 Å². The Balaban J connectivity index is 1.29. The van der Waals surface area contributed by atoms with E-state index >= 15 is 8.78 Å². The van der Waals surface area contributed by atoms with E-state index in [0.717, 1.165) is 18.4 Å². The van der Waals surface area contributed by atoms with Crippen LogP contribution in [0.1, 0.15) is 53.0 Å². The van der Waals surface area contributed by atoms with Crippen LogP contribution in [0.2, 0.25) is 5.02 Å². The zero-order chi connectivity index (χ0) is 41.5. The highest BCUT2D eigenvalue weighted by Crippen LogP contribution is 2.64. The summed E-state index contributed by atoms with van der Waals surface area (Å²) >= 11 is 6.61. The summed E-state index contributed by atoms with van der Waals surface area (Å²) in [6.45, 7) is -0.871. The maximum Gasteiger partial charge on any atom is 0.435 e. The molecule has 3 N–H and O–H groups in total. The number of nitrogens with one attached hydrogen (secondary N) is 2. The molecule has 8 rings (SSSR count). The number of halogens is 8. The van der Waals surface area contributed by atoms with Gasteiger partial charge in [0.05, 0.1) is 51.8 Å².